The number of carboxylic acids is 1. The molecule has 4 rings (SSSR count). The molecule has 3 N–H and O–H groups in total. The Kier molecular flexibility index (Phi) is 3.71. The number of rotatable bonds is 5. The van der Waals surface area contributed by atoms with Crippen LogP contribution in [0, 0.1) is 5.41 Å². The Morgan fingerprint density at radius 2 is 1.85 bits per heavy atom. The number of hydrogen-bond acceptors (Lipinski definition) is 6. The Balaban J connectivity index is 1.81. The highest BCUT2D eigenvalue weighted by Crippen LogP contribution is 2.64. The molecule has 2 aromatic carbocycles. The SMILES string of the molecule is NCC1(C(=O)O)C(c2ccc3c(c2)OCO3)C1S(=O)(=O)c1ccccc1. The molecule has 1 heterocycles. The van der Waals surface area contributed by atoms with Gasteiger partial charge in [-0.05, 0) is 29.8 Å². The van der Waals surface area contributed by atoms with E-state index in [1.807, 2.05) is 0 Å². The van der Waals surface area contributed by atoms with Gasteiger partial charge in [0, 0.05) is 12.5 Å². The molecular formula is C18H17NO6S. The van der Waals surface area contributed by atoms with E-state index >= 15 is 0 Å². The van der Waals surface area contributed by atoms with Gasteiger partial charge in [0.05, 0.1) is 10.1 Å². The monoisotopic (exact) mass is 375 g/mol. The lowest BCUT2D eigenvalue weighted by molar-refractivity contribution is -0.143. The maximum atomic E-state index is 13.1. The highest BCUT2D eigenvalue weighted by atomic mass is 32.2. The van der Waals surface area contributed by atoms with E-state index < -0.39 is 32.4 Å². The van der Waals surface area contributed by atoms with E-state index in [9.17, 15) is 18.3 Å². The van der Waals surface area contributed by atoms with Crippen LogP contribution >= 0.6 is 0 Å². The third kappa shape index (κ3) is 2.22. The van der Waals surface area contributed by atoms with Gasteiger partial charge in [0.15, 0.2) is 21.3 Å². The predicted octanol–water partition coefficient (Wildman–Crippen LogP) is 1.38. The largest absolute Gasteiger partial charge is 0.481 e. The van der Waals surface area contributed by atoms with Gasteiger partial charge in [-0.15, -0.1) is 0 Å². The van der Waals surface area contributed by atoms with Crippen molar-refractivity contribution in [3.63, 3.8) is 0 Å². The molecule has 1 aliphatic carbocycles. The summed E-state index contributed by atoms with van der Waals surface area (Å²) in [4.78, 5) is 12.1. The fraction of sp³-hybridized carbons (Fsp3) is 0.278. The lowest BCUT2D eigenvalue weighted by Gasteiger charge is -2.10. The number of nitrogens with two attached hydrogens (primary N) is 1. The zero-order valence-corrected chi connectivity index (χ0v) is 14.5. The molecule has 3 unspecified atom stereocenters. The third-order valence-corrected chi connectivity index (χ3v) is 7.44. The molecule has 7 nitrogen and oxygen atoms in total. The number of sulfone groups is 1. The van der Waals surface area contributed by atoms with Crippen LogP contribution in [0.25, 0.3) is 0 Å². The molecule has 0 aromatic heterocycles. The quantitative estimate of drug-likeness (QED) is 0.811. The second-order valence-corrected chi connectivity index (χ2v) is 8.49. The molecule has 8 heteroatoms. The van der Waals surface area contributed by atoms with Gasteiger partial charge >= 0.3 is 5.97 Å². The fourth-order valence-electron chi connectivity index (χ4n) is 3.78. The Morgan fingerprint density at radius 3 is 2.50 bits per heavy atom. The maximum absolute atomic E-state index is 13.1. The highest BCUT2D eigenvalue weighted by Gasteiger charge is 2.75. The number of ether oxygens (including phenoxy) is 2. The first kappa shape index (κ1) is 16.9. The Labute approximate surface area is 150 Å². The molecule has 2 aliphatic rings. The van der Waals surface area contributed by atoms with E-state index in [0.717, 1.165) is 0 Å². The molecule has 0 saturated heterocycles. The van der Waals surface area contributed by atoms with Gasteiger partial charge < -0.3 is 20.3 Å². The van der Waals surface area contributed by atoms with Crippen molar-refractivity contribution in [2.24, 2.45) is 11.1 Å². The van der Waals surface area contributed by atoms with Crippen molar-refractivity contribution < 1.29 is 27.8 Å². The van der Waals surface area contributed by atoms with Crippen molar-refractivity contribution in [3.8, 4) is 11.5 Å². The van der Waals surface area contributed by atoms with Gasteiger partial charge in [-0.1, -0.05) is 24.3 Å². The van der Waals surface area contributed by atoms with Crippen molar-refractivity contribution in [2.45, 2.75) is 16.1 Å². The van der Waals surface area contributed by atoms with Crippen LogP contribution in [0.3, 0.4) is 0 Å². The zero-order valence-electron chi connectivity index (χ0n) is 13.7. The van der Waals surface area contributed by atoms with Gasteiger partial charge in [0.2, 0.25) is 6.79 Å². The molecule has 1 saturated carbocycles. The van der Waals surface area contributed by atoms with E-state index in [4.69, 9.17) is 15.2 Å². The second-order valence-electron chi connectivity index (χ2n) is 6.42. The van der Waals surface area contributed by atoms with Gasteiger partial charge in [-0.2, -0.15) is 0 Å². The summed E-state index contributed by atoms with van der Waals surface area (Å²) in [5.41, 5.74) is 4.77. The van der Waals surface area contributed by atoms with Crippen LogP contribution in [0.15, 0.2) is 53.4 Å². The summed E-state index contributed by atoms with van der Waals surface area (Å²) < 4.78 is 36.8. The summed E-state index contributed by atoms with van der Waals surface area (Å²) in [5.74, 6) is -0.955. The van der Waals surface area contributed by atoms with Crippen molar-refractivity contribution in [3.05, 3.63) is 54.1 Å². The topological polar surface area (TPSA) is 116 Å². The molecular weight excluding hydrogens is 358 g/mol. The summed E-state index contributed by atoms with van der Waals surface area (Å²) in [5, 5.41) is 8.67. The summed E-state index contributed by atoms with van der Waals surface area (Å²) in [6.07, 6.45) is 0. The summed E-state index contributed by atoms with van der Waals surface area (Å²) in [7, 11) is -3.87. The van der Waals surface area contributed by atoms with Crippen molar-refractivity contribution in [1.29, 1.82) is 0 Å². The smallest absolute Gasteiger partial charge is 0.312 e. The number of fused-ring (bicyclic) bond motifs is 1. The van der Waals surface area contributed by atoms with Crippen LogP contribution in [-0.4, -0.2) is 38.1 Å². The van der Waals surface area contributed by atoms with Crippen LogP contribution in [-0.2, 0) is 14.6 Å². The molecule has 0 radical (unpaired) electrons. The second kappa shape index (κ2) is 5.72. The first-order valence-corrected chi connectivity index (χ1v) is 9.59. The minimum absolute atomic E-state index is 0.0795. The number of hydrogen-bond donors (Lipinski definition) is 2. The average Bonchev–Trinajstić information content (AvgIpc) is 3.15. The van der Waals surface area contributed by atoms with Gasteiger partial charge in [0.1, 0.15) is 5.41 Å². The van der Waals surface area contributed by atoms with Gasteiger partial charge in [0.25, 0.3) is 0 Å². The molecule has 2 aromatic rings. The van der Waals surface area contributed by atoms with Crippen molar-refractivity contribution >= 4 is 15.8 Å². The molecule has 26 heavy (non-hydrogen) atoms. The molecule has 0 bridgehead atoms. The molecule has 0 spiro atoms. The van der Waals surface area contributed by atoms with Gasteiger partial charge in [-0.3, -0.25) is 4.79 Å². The third-order valence-electron chi connectivity index (χ3n) is 5.15. The Hall–Kier alpha value is -2.58. The van der Waals surface area contributed by atoms with Crippen LogP contribution in [0.5, 0.6) is 11.5 Å². The van der Waals surface area contributed by atoms with Crippen LogP contribution in [0.4, 0.5) is 0 Å². The molecule has 3 atom stereocenters. The van der Waals surface area contributed by atoms with Crippen molar-refractivity contribution in [2.75, 3.05) is 13.3 Å². The normalized spacial score (nSPS) is 26.5. The maximum Gasteiger partial charge on any atom is 0.312 e. The Morgan fingerprint density at radius 1 is 1.15 bits per heavy atom. The molecule has 0 amide bonds. The van der Waals surface area contributed by atoms with Crippen LogP contribution in [0.2, 0.25) is 0 Å². The van der Waals surface area contributed by atoms with Crippen LogP contribution in [0.1, 0.15) is 11.5 Å². The number of carbonyl (C=O) groups is 1. The van der Waals surface area contributed by atoms with E-state index in [0.29, 0.717) is 17.1 Å². The van der Waals surface area contributed by atoms with Crippen LogP contribution < -0.4 is 15.2 Å². The fourth-order valence-corrected chi connectivity index (χ4v) is 6.19. The van der Waals surface area contributed by atoms with E-state index in [2.05, 4.69) is 0 Å². The molecule has 136 valence electrons. The lowest BCUT2D eigenvalue weighted by Crippen LogP contribution is -2.31. The Bertz CT molecular complexity index is 974. The van der Waals surface area contributed by atoms with Gasteiger partial charge in [-0.25, -0.2) is 8.42 Å². The number of aliphatic carboxylic acids is 1. The van der Waals surface area contributed by atoms with E-state index in [1.54, 1.807) is 36.4 Å². The predicted molar refractivity (Wildman–Crippen MR) is 91.8 cm³/mol. The zero-order chi connectivity index (χ0) is 18.5. The molecule has 1 fully saturated rings. The first-order valence-electron chi connectivity index (χ1n) is 8.05. The summed E-state index contributed by atoms with van der Waals surface area (Å²) in [6, 6.07) is 12.8. The summed E-state index contributed by atoms with van der Waals surface area (Å²) >= 11 is 0. The lowest BCUT2D eigenvalue weighted by atomic mass is 9.99. The highest BCUT2D eigenvalue weighted by molar-refractivity contribution is 7.92. The van der Waals surface area contributed by atoms with Crippen molar-refractivity contribution in [1.82, 2.24) is 0 Å². The number of carboxylic acid groups (broad SMARTS) is 1. The van der Waals surface area contributed by atoms with E-state index in [1.165, 1.54) is 12.1 Å². The average molecular weight is 375 g/mol. The minimum Gasteiger partial charge on any atom is -0.481 e. The van der Waals surface area contributed by atoms with E-state index in [-0.39, 0.29) is 18.2 Å². The molecule has 1 aliphatic heterocycles. The number of benzene rings is 2. The summed E-state index contributed by atoms with van der Waals surface area (Å²) in [6.45, 7) is -0.200. The first-order chi connectivity index (χ1) is 12.4. The standard InChI is InChI=1S/C18H17NO6S/c19-9-18(17(20)21)15(11-6-7-13-14(8-11)25-10-24-13)16(18)26(22,23)12-4-2-1-3-5-12/h1-8,15-16H,9-10,19H2,(H,20,21). The minimum atomic E-state index is -3.87.